The predicted octanol–water partition coefficient (Wildman–Crippen LogP) is 6.70. The summed E-state index contributed by atoms with van der Waals surface area (Å²) in [4.78, 5) is 28.4. The van der Waals surface area contributed by atoms with E-state index in [-0.39, 0.29) is 30.7 Å². The average molecular weight is 597 g/mol. The zero-order valence-electron chi connectivity index (χ0n) is 24.1. The highest BCUT2D eigenvalue weighted by molar-refractivity contribution is 5.87. The lowest BCUT2D eigenvalue weighted by atomic mass is 9.72. The van der Waals surface area contributed by atoms with Crippen LogP contribution >= 0.6 is 0 Å². The second-order valence-corrected chi connectivity index (χ2v) is 12.3. The summed E-state index contributed by atoms with van der Waals surface area (Å²) in [7, 11) is 1.35. The van der Waals surface area contributed by atoms with E-state index < -0.39 is 77.8 Å². The minimum absolute atomic E-state index is 0.0596. The highest BCUT2D eigenvalue weighted by Crippen LogP contribution is 2.50. The molecule has 2 fully saturated rings. The molecule has 0 aromatic heterocycles. The molecule has 2 N–H and O–H groups in total. The molecule has 1 aliphatic heterocycles. The lowest BCUT2D eigenvalue weighted by molar-refractivity contribution is -0.156. The summed E-state index contributed by atoms with van der Waals surface area (Å²) >= 11 is 0. The summed E-state index contributed by atoms with van der Waals surface area (Å²) in [6.45, 7) is 5.46. The molecule has 42 heavy (non-hydrogen) atoms. The number of ether oxygens (including phenoxy) is 1. The number of benzene rings is 2. The summed E-state index contributed by atoms with van der Waals surface area (Å²) < 4.78 is 73.8. The van der Waals surface area contributed by atoms with Crippen LogP contribution in [0.4, 0.5) is 22.0 Å². The van der Waals surface area contributed by atoms with Crippen molar-refractivity contribution in [3.05, 3.63) is 65.2 Å². The van der Waals surface area contributed by atoms with Crippen LogP contribution in [-0.2, 0) is 22.3 Å². The third-order valence-corrected chi connectivity index (χ3v) is 8.52. The molecule has 2 aliphatic rings. The van der Waals surface area contributed by atoms with Gasteiger partial charge in [-0.15, -0.1) is 0 Å². The number of hydrogen-bond acceptors (Lipinski definition) is 4. The van der Waals surface area contributed by atoms with Gasteiger partial charge in [-0.1, -0.05) is 51.1 Å². The molecule has 0 radical (unpaired) electrons. The zero-order chi connectivity index (χ0) is 31.0. The van der Waals surface area contributed by atoms with Gasteiger partial charge in [0.05, 0.1) is 18.7 Å². The maximum absolute atomic E-state index is 14.1. The summed E-state index contributed by atoms with van der Waals surface area (Å²) in [6.07, 6.45) is -5.61. The monoisotopic (exact) mass is 596 g/mol. The van der Waals surface area contributed by atoms with Crippen molar-refractivity contribution in [2.24, 2.45) is 17.3 Å². The van der Waals surface area contributed by atoms with Crippen molar-refractivity contribution in [2.45, 2.75) is 83.2 Å². The van der Waals surface area contributed by atoms with E-state index in [0.717, 1.165) is 12.1 Å². The Morgan fingerprint density at radius 1 is 1.05 bits per heavy atom. The van der Waals surface area contributed by atoms with Crippen molar-refractivity contribution in [1.82, 2.24) is 10.2 Å². The fraction of sp³-hybridized carbons (Fsp3) is 0.548. The van der Waals surface area contributed by atoms with E-state index in [4.69, 9.17) is 4.74 Å². The summed E-state index contributed by atoms with van der Waals surface area (Å²) in [6, 6.07) is 9.15. The minimum Gasteiger partial charge on any atom is -0.496 e. The van der Waals surface area contributed by atoms with Gasteiger partial charge in [-0.3, -0.25) is 4.79 Å². The lowest BCUT2D eigenvalue weighted by Gasteiger charge is -2.36. The van der Waals surface area contributed by atoms with Crippen LogP contribution in [0.1, 0.15) is 69.2 Å². The highest BCUT2D eigenvalue weighted by atomic mass is 19.4. The topological polar surface area (TPSA) is 78.9 Å². The molecule has 2 aromatic carbocycles. The van der Waals surface area contributed by atoms with E-state index in [1.54, 1.807) is 30.3 Å². The molecule has 1 aliphatic carbocycles. The first kappa shape index (κ1) is 31.7. The minimum atomic E-state index is -4.58. The Balaban J connectivity index is 1.80. The van der Waals surface area contributed by atoms with E-state index in [1.807, 2.05) is 20.8 Å². The van der Waals surface area contributed by atoms with Gasteiger partial charge >= 0.3 is 12.1 Å². The molecule has 1 saturated carbocycles. The molecular weight excluding hydrogens is 559 g/mol. The van der Waals surface area contributed by atoms with Gasteiger partial charge in [0.1, 0.15) is 11.8 Å². The Morgan fingerprint density at radius 2 is 1.67 bits per heavy atom. The average Bonchev–Trinajstić information content (AvgIpc) is 3.27. The quantitative estimate of drug-likeness (QED) is 0.348. The van der Waals surface area contributed by atoms with Gasteiger partial charge in [0.25, 0.3) is 0 Å². The van der Waals surface area contributed by atoms with E-state index in [0.29, 0.717) is 5.56 Å². The van der Waals surface area contributed by atoms with Crippen LogP contribution in [0.5, 0.6) is 5.75 Å². The van der Waals surface area contributed by atoms with Crippen LogP contribution in [0.15, 0.2) is 48.5 Å². The number of alkyl halides is 5. The first-order valence-electron chi connectivity index (χ1n) is 14.0. The molecule has 11 heteroatoms. The first-order chi connectivity index (χ1) is 19.5. The van der Waals surface area contributed by atoms with E-state index in [1.165, 1.54) is 18.1 Å². The molecule has 4 atom stereocenters. The van der Waals surface area contributed by atoms with Crippen LogP contribution in [0.2, 0.25) is 0 Å². The fourth-order valence-corrected chi connectivity index (χ4v) is 6.55. The number of carboxylic acid groups (broad SMARTS) is 1. The SMILES string of the molecule is COc1ccc(C(F)(F)F)cc1CNC1C(c2ccccc2)N(C(=O)C2CCC(F)(F)CC2)C(C(=O)O)C1C(C)(C)C. The molecule has 1 amide bonds. The molecule has 1 saturated heterocycles. The van der Waals surface area contributed by atoms with Gasteiger partial charge in [-0.2, -0.15) is 13.2 Å². The number of halogens is 5. The lowest BCUT2D eigenvalue weighted by Crippen LogP contribution is -2.49. The Bertz CT molecular complexity index is 1270. The number of carboxylic acids is 1. The van der Waals surface area contributed by atoms with Crippen LogP contribution in [0, 0.1) is 17.3 Å². The van der Waals surface area contributed by atoms with Gasteiger partial charge in [0.15, 0.2) is 0 Å². The molecule has 230 valence electrons. The third-order valence-electron chi connectivity index (χ3n) is 8.52. The number of carbonyl (C=O) groups is 2. The maximum atomic E-state index is 14.1. The summed E-state index contributed by atoms with van der Waals surface area (Å²) in [5, 5.41) is 13.9. The molecule has 0 bridgehead atoms. The highest BCUT2D eigenvalue weighted by Gasteiger charge is 2.58. The first-order valence-corrected chi connectivity index (χ1v) is 14.0. The van der Waals surface area contributed by atoms with E-state index in [9.17, 15) is 36.6 Å². The summed E-state index contributed by atoms with van der Waals surface area (Å²) in [5.41, 5.74) is -0.676. The number of nitrogens with one attached hydrogen (secondary N) is 1. The third kappa shape index (κ3) is 6.55. The smallest absolute Gasteiger partial charge is 0.416 e. The molecule has 1 heterocycles. The fourth-order valence-electron chi connectivity index (χ4n) is 6.55. The van der Waals surface area contributed by atoms with Gasteiger partial charge in [-0.25, -0.2) is 13.6 Å². The van der Waals surface area contributed by atoms with E-state index >= 15 is 0 Å². The van der Waals surface area contributed by atoms with Crippen molar-refractivity contribution >= 4 is 11.9 Å². The van der Waals surface area contributed by atoms with Crippen molar-refractivity contribution in [2.75, 3.05) is 7.11 Å². The van der Waals surface area contributed by atoms with Crippen LogP contribution in [0.3, 0.4) is 0 Å². The van der Waals surface area contributed by atoms with Crippen LogP contribution in [0.25, 0.3) is 0 Å². The van der Waals surface area contributed by atoms with Gasteiger partial charge in [0.2, 0.25) is 11.8 Å². The number of rotatable bonds is 7. The Labute approximate surface area is 242 Å². The van der Waals surface area contributed by atoms with Gasteiger partial charge in [0, 0.05) is 42.8 Å². The van der Waals surface area contributed by atoms with Crippen LogP contribution in [-0.4, -0.2) is 47.0 Å². The second kappa shape index (κ2) is 11.8. The second-order valence-electron chi connectivity index (χ2n) is 12.3. The van der Waals surface area contributed by atoms with E-state index in [2.05, 4.69) is 5.32 Å². The number of carbonyl (C=O) groups excluding carboxylic acids is 1. The Hall–Kier alpha value is -3.21. The standard InChI is InChI=1S/C31H37F5N2O4/c1-29(2,3)23-24(37-17-20-16-21(31(34,35)36)10-11-22(20)42-4)25(18-8-6-5-7-9-18)38(26(23)28(40)41)27(39)19-12-14-30(32,33)15-13-19/h5-11,16,19,23-26,37H,12-15,17H2,1-4H3,(H,40,41). The van der Waals surface area contributed by atoms with Crippen molar-refractivity contribution in [3.8, 4) is 5.75 Å². The van der Waals surface area contributed by atoms with Crippen molar-refractivity contribution in [1.29, 1.82) is 0 Å². The normalized spacial score (nSPS) is 24.9. The van der Waals surface area contributed by atoms with Crippen LogP contribution < -0.4 is 10.1 Å². The van der Waals surface area contributed by atoms with Crippen molar-refractivity contribution < 1.29 is 41.4 Å². The molecule has 0 spiro atoms. The number of methoxy groups -OCH3 is 1. The van der Waals surface area contributed by atoms with Gasteiger partial charge < -0.3 is 20.1 Å². The largest absolute Gasteiger partial charge is 0.496 e. The number of nitrogens with zero attached hydrogens (tertiary/aromatic N) is 1. The van der Waals surface area contributed by atoms with Crippen molar-refractivity contribution in [3.63, 3.8) is 0 Å². The maximum Gasteiger partial charge on any atom is 0.416 e. The molecule has 6 nitrogen and oxygen atoms in total. The Morgan fingerprint density at radius 3 is 2.19 bits per heavy atom. The Kier molecular flexibility index (Phi) is 8.92. The number of likely N-dealkylation sites (tertiary alicyclic amines) is 1. The molecular formula is C31H37F5N2O4. The molecule has 4 unspecified atom stereocenters. The number of hydrogen-bond donors (Lipinski definition) is 2. The number of aliphatic carboxylic acids is 1. The summed E-state index contributed by atoms with van der Waals surface area (Å²) in [5.74, 6) is -5.82. The molecule has 4 rings (SSSR count). The number of amides is 1. The zero-order valence-corrected chi connectivity index (χ0v) is 24.1. The van der Waals surface area contributed by atoms with Gasteiger partial charge in [-0.05, 0) is 42.0 Å². The predicted molar refractivity (Wildman–Crippen MR) is 146 cm³/mol. The molecule has 2 aromatic rings.